The van der Waals surface area contributed by atoms with E-state index in [4.69, 9.17) is 32.7 Å². The van der Waals surface area contributed by atoms with Gasteiger partial charge in [-0.15, -0.1) is 0 Å². The second-order valence-electron chi connectivity index (χ2n) is 8.48. The molecule has 2 aliphatic heterocycles. The van der Waals surface area contributed by atoms with Crippen molar-refractivity contribution >= 4 is 46.9 Å². The van der Waals surface area contributed by atoms with Crippen LogP contribution in [0.1, 0.15) is 50.4 Å². The molecule has 0 saturated carbocycles. The van der Waals surface area contributed by atoms with Crippen molar-refractivity contribution in [2.24, 2.45) is 5.92 Å². The van der Waals surface area contributed by atoms with Crippen molar-refractivity contribution in [1.29, 1.82) is 0 Å². The summed E-state index contributed by atoms with van der Waals surface area (Å²) in [6, 6.07) is -0.840. The Morgan fingerprint density at radius 1 is 1.32 bits per heavy atom. The minimum atomic E-state index is -0.892. The first kappa shape index (κ1) is 26.2. The number of nitrogens with one attached hydrogen (secondary N) is 2. The average Bonchev–Trinajstić information content (AvgIpc) is 3.40. The Morgan fingerprint density at radius 3 is 2.74 bits per heavy atom. The average molecular weight is 515 g/mol. The highest BCUT2D eigenvalue weighted by Gasteiger charge is 2.42. The number of carbonyl (C=O) groups excluding carboxylic acids is 4. The summed E-state index contributed by atoms with van der Waals surface area (Å²) < 4.78 is 10.5. The number of cyclic esters (lactones) is 1. The molecular formula is C22H28Cl2N4O6. The third-order valence-corrected chi connectivity index (χ3v) is 6.54. The third-order valence-electron chi connectivity index (χ3n) is 5.77. The van der Waals surface area contributed by atoms with Crippen molar-refractivity contribution in [3.05, 3.63) is 28.0 Å². The molecule has 2 saturated heterocycles. The number of likely N-dealkylation sites (tertiary alicyclic amines) is 1. The zero-order valence-electron chi connectivity index (χ0n) is 19.2. The van der Waals surface area contributed by atoms with E-state index in [1.54, 1.807) is 20.8 Å². The number of pyridine rings is 1. The van der Waals surface area contributed by atoms with Crippen LogP contribution in [0.25, 0.3) is 0 Å². The zero-order chi connectivity index (χ0) is 25.0. The molecule has 0 radical (unpaired) electrons. The van der Waals surface area contributed by atoms with Crippen LogP contribution in [-0.4, -0.2) is 71.1 Å². The van der Waals surface area contributed by atoms with Gasteiger partial charge in [-0.05, 0) is 31.7 Å². The molecule has 1 aromatic rings. The molecule has 10 nitrogen and oxygen atoms in total. The van der Waals surface area contributed by atoms with Crippen LogP contribution < -0.4 is 10.6 Å². The number of esters is 1. The normalized spacial score (nSPS) is 23.1. The van der Waals surface area contributed by atoms with Gasteiger partial charge in [0.05, 0.1) is 17.0 Å². The van der Waals surface area contributed by atoms with Crippen molar-refractivity contribution in [2.75, 3.05) is 13.2 Å². The highest BCUT2D eigenvalue weighted by atomic mass is 35.5. The van der Waals surface area contributed by atoms with Crippen molar-refractivity contribution in [2.45, 2.75) is 64.4 Å². The molecule has 0 unspecified atom stereocenters. The van der Waals surface area contributed by atoms with Gasteiger partial charge in [0.15, 0.2) is 0 Å². The van der Waals surface area contributed by atoms with Crippen LogP contribution in [-0.2, 0) is 23.9 Å². The zero-order valence-corrected chi connectivity index (χ0v) is 20.7. The molecule has 3 amide bonds. The maximum atomic E-state index is 13.4. The Bertz CT molecular complexity index is 959. The van der Waals surface area contributed by atoms with Gasteiger partial charge in [0.25, 0.3) is 5.91 Å². The van der Waals surface area contributed by atoms with Crippen molar-refractivity contribution in [3.63, 3.8) is 0 Å². The van der Waals surface area contributed by atoms with Gasteiger partial charge >= 0.3 is 5.97 Å². The number of carbonyl (C=O) groups is 4. The van der Waals surface area contributed by atoms with Crippen LogP contribution in [0, 0.1) is 5.92 Å². The van der Waals surface area contributed by atoms with Gasteiger partial charge < -0.3 is 25.0 Å². The van der Waals surface area contributed by atoms with Crippen molar-refractivity contribution in [1.82, 2.24) is 20.5 Å². The lowest BCUT2D eigenvalue weighted by Crippen LogP contribution is -2.56. The molecule has 186 valence electrons. The van der Waals surface area contributed by atoms with Crippen LogP contribution in [0.5, 0.6) is 0 Å². The Morgan fingerprint density at radius 2 is 2.06 bits per heavy atom. The topological polar surface area (TPSA) is 127 Å². The fourth-order valence-electron chi connectivity index (χ4n) is 4.06. The first-order valence-electron chi connectivity index (χ1n) is 11.2. The molecule has 4 atom stereocenters. The van der Waals surface area contributed by atoms with E-state index in [0.29, 0.717) is 26.0 Å². The second kappa shape index (κ2) is 11.3. The molecule has 34 heavy (non-hydrogen) atoms. The number of nitrogens with zero attached hydrogens (tertiary/aromatic N) is 2. The predicted molar refractivity (Wildman–Crippen MR) is 123 cm³/mol. The molecule has 0 spiro atoms. The molecule has 2 fully saturated rings. The second-order valence-corrected chi connectivity index (χ2v) is 9.22. The summed E-state index contributed by atoms with van der Waals surface area (Å²) in [5.41, 5.74) is 0.101. The summed E-state index contributed by atoms with van der Waals surface area (Å²) in [6.07, 6.45) is 1.58. The molecule has 3 rings (SSSR count). The van der Waals surface area contributed by atoms with Crippen LogP contribution in [0.3, 0.4) is 0 Å². The smallest absolute Gasteiger partial charge is 0.310 e. The summed E-state index contributed by atoms with van der Waals surface area (Å²) in [7, 11) is 0. The summed E-state index contributed by atoms with van der Waals surface area (Å²) in [6.45, 7) is 6.04. The van der Waals surface area contributed by atoms with Crippen LogP contribution >= 0.6 is 23.2 Å². The van der Waals surface area contributed by atoms with Crippen LogP contribution in [0.2, 0.25) is 10.2 Å². The van der Waals surface area contributed by atoms with E-state index in [-0.39, 0.29) is 34.0 Å². The molecule has 12 heteroatoms. The van der Waals surface area contributed by atoms with Gasteiger partial charge in [0.2, 0.25) is 18.1 Å². The van der Waals surface area contributed by atoms with E-state index >= 15 is 0 Å². The highest BCUT2D eigenvalue weighted by molar-refractivity contribution is 6.43. The van der Waals surface area contributed by atoms with E-state index in [2.05, 4.69) is 15.6 Å². The number of hydrogen-bond acceptors (Lipinski definition) is 7. The Balaban J connectivity index is 1.71. The minimum absolute atomic E-state index is 0.00297. The summed E-state index contributed by atoms with van der Waals surface area (Å²) >= 11 is 12.0. The molecule has 0 bridgehead atoms. The van der Waals surface area contributed by atoms with Crippen LogP contribution in [0.4, 0.5) is 0 Å². The fraction of sp³-hybridized carbons (Fsp3) is 0.591. The molecule has 1 aromatic heterocycles. The predicted octanol–water partition coefficient (Wildman–Crippen LogP) is 1.93. The van der Waals surface area contributed by atoms with Crippen molar-refractivity contribution in [3.8, 4) is 0 Å². The third kappa shape index (κ3) is 5.79. The number of hydrogen-bond donors (Lipinski definition) is 2. The van der Waals surface area contributed by atoms with E-state index in [1.807, 2.05) is 0 Å². The van der Waals surface area contributed by atoms with E-state index in [1.165, 1.54) is 17.2 Å². The monoisotopic (exact) mass is 514 g/mol. The lowest BCUT2D eigenvalue weighted by molar-refractivity contribution is -0.164. The Hall–Kier alpha value is -2.43. The standard InChI is InChI=1S/C22H28Cl2N4O6/c1-4-33-22-13(10-15(29)34-22)26-20(31)14-6-5-9-28(14)21(32)17(11(2)3)27-19(30)12-7-8-25-18(24)16(12)23/h7-8,11,13-14,17,22H,4-6,9-10H2,1-3H3,(H,26,31)(H,27,30)/t13-,14+,17+,22-/m1/s1. The van der Waals surface area contributed by atoms with E-state index in [0.717, 1.165) is 0 Å². The summed E-state index contributed by atoms with van der Waals surface area (Å²) in [5.74, 6) is -2.06. The molecule has 0 aromatic carbocycles. The Kier molecular flexibility index (Phi) is 8.72. The largest absolute Gasteiger partial charge is 0.433 e. The Labute approximate surface area is 207 Å². The molecule has 2 N–H and O–H groups in total. The SMILES string of the molecule is CCO[C@@H]1OC(=O)C[C@H]1NC(=O)[C@@H]1CCCN1C(=O)[C@@H](NC(=O)c1ccnc(Cl)c1Cl)C(C)C. The summed E-state index contributed by atoms with van der Waals surface area (Å²) in [4.78, 5) is 56.3. The van der Waals surface area contributed by atoms with Gasteiger partial charge in [0.1, 0.15) is 23.3 Å². The minimum Gasteiger partial charge on any atom is -0.433 e. The van der Waals surface area contributed by atoms with Crippen molar-refractivity contribution < 1.29 is 28.7 Å². The van der Waals surface area contributed by atoms with Gasteiger partial charge in [-0.2, -0.15) is 0 Å². The number of aromatic nitrogens is 1. The van der Waals surface area contributed by atoms with Gasteiger partial charge in [0, 0.05) is 19.3 Å². The summed E-state index contributed by atoms with van der Waals surface area (Å²) in [5, 5.41) is 5.49. The number of ether oxygens (including phenoxy) is 2. The quantitative estimate of drug-likeness (QED) is 0.400. The van der Waals surface area contributed by atoms with E-state index in [9.17, 15) is 19.2 Å². The number of rotatable bonds is 8. The number of halogens is 2. The molecule has 2 aliphatic rings. The van der Waals surface area contributed by atoms with Gasteiger partial charge in [-0.1, -0.05) is 37.0 Å². The van der Waals surface area contributed by atoms with Crippen LogP contribution in [0.15, 0.2) is 12.3 Å². The molecule has 0 aliphatic carbocycles. The molecular weight excluding hydrogens is 487 g/mol. The first-order chi connectivity index (χ1) is 16.1. The van der Waals surface area contributed by atoms with Gasteiger partial charge in [-0.25, -0.2) is 4.98 Å². The number of amides is 3. The van der Waals surface area contributed by atoms with Gasteiger partial charge in [-0.3, -0.25) is 19.2 Å². The van der Waals surface area contributed by atoms with E-state index < -0.39 is 42.2 Å². The maximum Gasteiger partial charge on any atom is 0.310 e. The highest BCUT2D eigenvalue weighted by Crippen LogP contribution is 2.25. The lowest BCUT2D eigenvalue weighted by atomic mass is 10.0. The first-order valence-corrected chi connectivity index (χ1v) is 11.9. The fourth-order valence-corrected chi connectivity index (χ4v) is 4.41. The maximum absolute atomic E-state index is 13.4. The lowest BCUT2D eigenvalue weighted by Gasteiger charge is -2.31. The molecule has 3 heterocycles.